The van der Waals surface area contributed by atoms with Gasteiger partial charge in [-0.1, -0.05) is 20.8 Å². The molecule has 0 saturated carbocycles. The van der Waals surface area contributed by atoms with Crippen molar-refractivity contribution in [3.8, 4) is 0 Å². The van der Waals surface area contributed by atoms with E-state index in [1.165, 1.54) is 13.8 Å². The van der Waals surface area contributed by atoms with E-state index in [1.54, 1.807) is 20.8 Å². The molecule has 0 aromatic carbocycles. The Morgan fingerprint density at radius 2 is 1.70 bits per heavy atom. The predicted octanol–water partition coefficient (Wildman–Crippen LogP) is 2.09. The summed E-state index contributed by atoms with van der Waals surface area (Å²) in [7, 11) is 0. The van der Waals surface area contributed by atoms with Gasteiger partial charge in [-0.25, -0.2) is 0 Å². The van der Waals surface area contributed by atoms with E-state index in [9.17, 15) is 22.8 Å². The van der Waals surface area contributed by atoms with Crippen molar-refractivity contribution < 1.29 is 22.8 Å². The lowest BCUT2D eigenvalue weighted by molar-refractivity contribution is -0.165. The molecule has 20 heavy (non-hydrogen) atoms. The Morgan fingerprint density at radius 3 is 2.10 bits per heavy atom. The predicted molar refractivity (Wildman–Crippen MR) is 67.8 cm³/mol. The third kappa shape index (κ3) is 3.64. The monoisotopic (exact) mass is 294 g/mol. The highest BCUT2D eigenvalue weighted by molar-refractivity contribution is 5.99. The number of alkyl halides is 3. The normalized spacial score (nSPS) is 23.8. The summed E-state index contributed by atoms with van der Waals surface area (Å²) in [5, 5.41) is 2.58. The van der Waals surface area contributed by atoms with Crippen LogP contribution in [0.1, 0.15) is 41.0 Å². The molecule has 1 rings (SSSR count). The number of rotatable bonds is 2. The van der Waals surface area contributed by atoms with Crippen molar-refractivity contribution >= 4 is 11.8 Å². The fourth-order valence-corrected chi connectivity index (χ4v) is 2.39. The summed E-state index contributed by atoms with van der Waals surface area (Å²) in [4.78, 5) is 25.5. The van der Waals surface area contributed by atoms with Crippen LogP contribution < -0.4 is 5.32 Å². The summed E-state index contributed by atoms with van der Waals surface area (Å²) < 4.78 is 37.2. The van der Waals surface area contributed by atoms with Crippen molar-refractivity contribution in [3.05, 3.63) is 0 Å². The summed E-state index contributed by atoms with van der Waals surface area (Å²) in [5.74, 6) is -0.898. The van der Waals surface area contributed by atoms with Gasteiger partial charge >= 0.3 is 6.18 Å². The molecule has 1 aliphatic rings. The van der Waals surface area contributed by atoms with Crippen LogP contribution in [0.3, 0.4) is 0 Å². The van der Waals surface area contributed by atoms with Crippen LogP contribution in [0.15, 0.2) is 0 Å². The van der Waals surface area contributed by atoms with Crippen molar-refractivity contribution in [2.24, 2.45) is 5.41 Å². The fourth-order valence-electron chi connectivity index (χ4n) is 2.39. The van der Waals surface area contributed by atoms with Crippen LogP contribution in [0, 0.1) is 5.41 Å². The van der Waals surface area contributed by atoms with Crippen LogP contribution in [-0.2, 0) is 9.59 Å². The molecule has 0 aliphatic carbocycles. The molecule has 0 bridgehead atoms. The molecule has 1 N–H and O–H groups in total. The maximum atomic E-state index is 12.4. The topological polar surface area (TPSA) is 49.4 Å². The van der Waals surface area contributed by atoms with Crippen LogP contribution >= 0.6 is 0 Å². The summed E-state index contributed by atoms with van der Waals surface area (Å²) in [6.45, 7) is 7.66. The molecule has 4 nitrogen and oxygen atoms in total. The number of piperazine rings is 1. The second-order valence-electron chi connectivity index (χ2n) is 6.75. The van der Waals surface area contributed by atoms with Gasteiger partial charge in [-0.2, -0.15) is 13.2 Å². The van der Waals surface area contributed by atoms with E-state index in [0.29, 0.717) is 0 Å². The number of hydrogen-bond donors (Lipinski definition) is 1. The second kappa shape index (κ2) is 4.93. The maximum Gasteiger partial charge on any atom is 0.390 e. The number of nitrogens with one attached hydrogen (secondary N) is 1. The largest absolute Gasteiger partial charge is 0.390 e. The number of carbonyl (C=O) groups excluding carboxylic acids is 2. The second-order valence-corrected chi connectivity index (χ2v) is 6.75. The Bertz CT molecular complexity index is 411. The number of carbonyl (C=O) groups is 2. The molecular weight excluding hydrogens is 273 g/mol. The van der Waals surface area contributed by atoms with Gasteiger partial charge < -0.3 is 10.2 Å². The third-order valence-corrected chi connectivity index (χ3v) is 3.25. The summed E-state index contributed by atoms with van der Waals surface area (Å²) in [6.07, 6.45) is -5.48. The van der Waals surface area contributed by atoms with Gasteiger partial charge in [0, 0.05) is 6.54 Å². The first-order valence-electron chi connectivity index (χ1n) is 6.45. The van der Waals surface area contributed by atoms with Gasteiger partial charge in [-0.15, -0.1) is 0 Å². The first kappa shape index (κ1) is 16.8. The molecular formula is C13H21F3N2O2. The van der Waals surface area contributed by atoms with Crippen LogP contribution in [0.4, 0.5) is 13.2 Å². The number of hydrogen-bond acceptors (Lipinski definition) is 2. The smallest absolute Gasteiger partial charge is 0.340 e. The quantitative estimate of drug-likeness (QED) is 0.848. The minimum atomic E-state index is -4.36. The Kier molecular flexibility index (Phi) is 4.14. The zero-order valence-electron chi connectivity index (χ0n) is 12.4. The van der Waals surface area contributed by atoms with E-state index in [0.717, 1.165) is 4.90 Å². The first-order chi connectivity index (χ1) is 8.76. The lowest BCUT2D eigenvalue weighted by Crippen LogP contribution is -2.70. The number of amides is 2. The van der Waals surface area contributed by atoms with Crippen molar-refractivity contribution in [3.63, 3.8) is 0 Å². The number of nitrogens with zero attached hydrogens (tertiary/aromatic N) is 1. The average Bonchev–Trinajstić information content (AvgIpc) is 2.17. The zero-order valence-corrected chi connectivity index (χ0v) is 12.4. The molecule has 0 aromatic heterocycles. The SMILES string of the molecule is CC1(C)NC(=O)C(C(C)(C)C)N(CCC(F)(F)F)C1=O. The summed E-state index contributed by atoms with van der Waals surface area (Å²) in [6, 6.07) is -0.898. The van der Waals surface area contributed by atoms with Gasteiger partial charge in [-0.3, -0.25) is 9.59 Å². The number of halogens is 3. The third-order valence-electron chi connectivity index (χ3n) is 3.25. The van der Waals surface area contributed by atoms with Crippen molar-refractivity contribution in [2.45, 2.75) is 58.8 Å². The van der Waals surface area contributed by atoms with Crippen LogP contribution in [0.5, 0.6) is 0 Å². The van der Waals surface area contributed by atoms with Crippen LogP contribution in [0.2, 0.25) is 0 Å². The zero-order chi connectivity index (χ0) is 15.9. The Labute approximate surface area is 116 Å². The Balaban J connectivity index is 3.08. The van der Waals surface area contributed by atoms with E-state index in [2.05, 4.69) is 5.32 Å². The molecule has 0 spiro atoms. The van der Waals surface area contributed by atoms with E-state index in [4.69, 9.17) is 0 Å². The van der Waals surface area contributed by atoms with Crippen LogP contribution in [0.25, 0.3) is 0 Å². The van der Waals surface area contributed by atoms with Crippen molar-refractivity contribution in [1.82, 2.24) is 10.2 Å². The average molecular weight is 294 g/mol. The standard InChI is InChI=1S/C13H21F3N2O2/c1-11(2,3)8-9(19)17-12(4,5)10(20)18(8)7-6-13(14,15)16/h8H,6-7H2,1-5H3,(H,17,19). The Hall–Kier alpha value is -1.27. The molecule has 7 heteroatoms. The summed E-state index contributed by atoms with van der Waals surface area (Å²) in [5.41, 5.74) is -1.81. The molecule has 1 atom stereocenters. The van der Waals surface area contributed by atoms with Gasteiger partial charge in [0.2, 0.25) is 11.8 Å². The fraction of sp³-hybridized carbons (Fsp3) is 0.846. The molecule has 1 saturated heterocycles. The molecule has 1 fully saturated rings. The van der Waals surface area contributed by atoms with Crippen molar-refractivity contribution in [1.29, 1.82) is 0 Å². The van der Waals surface area contributed by atoms with E-state index in [1.807, 2.05) is 0 Å². The summed E-state index contributed by atoms with van der Waals surface area (Å²) >= 11 is 0. The van der Waals surface area contributed by atoms with Gasteiger partial charge in [0.1, 0.15) is 11.6 Å². The van der Waals surface area contributed by atoms with Crippen LogP contribution in [-0.4, -0.2) is 41.0 Å². The minimum absolute atomic E-state index is 0.413. The highest BCUT2D eigenvalue weighted by Crippen LogP contribution is 2.32. The van der Waals surface area contributed by atoms with Gasteiger partial charge in [-0.05, 0) is 19.3 Å². The minimum Gasteiger partial charge on any atom is -0.340 e. The first-order valence-corrected chi connectivity index (χ1v) is 6.45. The van der Waals surface area contributed by atoms with Gasteiger partial charge in [0.05, 0.1) is 6.42 Å². The highest BCUT2D eigenvalue weighted by Gasteiger charge is 2.50. The Morgan fingerprint density at radius 1 is 1.20 bits per heavy atom. The molecule has 0 aromatic rings. The molecule has 1 aliphatic heterocycles. The van der Waals surface area contributed by atoms with Gasteiger partial charge in [0.25, 0.3) is 0 Å². The molecule has 0 radical (unpaired) electrons. The molecule has 116 valence electrons. The van der Waals surface area contributed by atoms with Gasteiger partial charge in [0.15, 0.2) is 0 Å². The lowest BCUT2D eigenvalue weighted by Gasteiger charge is -2.47. The maximum absolute atomic E-state index is 12.4. The molecule has 1 heterocycles. The lowest BCUT2D eigenvalue weighted by atomic mass is 9.81. The van der Waals surface area contributed by atoms with E-state index >= 15 is 0 Å². The molecule has 2 amide bonds. The van der Waals surface area contributed by atoms with Crippen molar-refractivity contribution in [2.75, 3.05) is 6.54 Å². The van der Waals surface area contributed by atoms with E-state index < -0.39 is 48.0 Å². The van der Waals surface area contributed by atoms with E-state index in [-0.39, 0.29) is 0 Å². The molecule has 1 unspecified atom stereocenters. The highest BCUT2D eigenvalue weighted by atomic mass is 19.4.